The summed E-state index contributed by atoms with van der Waals surface area (Å²) >= 11 is 12.5. The first-order valence-electron chi connectivity index (χ1n) is 10.3. The molecule has 174 valence electrons. The van der Waals surface area contributed by atoms with E-state index >= 15 is 0 Å². The maximum Gasteiger partial charge on any atom is 0.300 e. The van der Waals surface area contributed by atoms with Crippen LogP contribution < -0.4 is 14.4 Å². The van der Waals surface area contributed by atoms with Gasteiger partial charge < -0.3 is 14.6 Å². The summed E-state index contributed by atoms with van der Waals surface area (Å²) in [6.07, 6.45) is 0. The predicted molar refractivity (Wildman–Crippen MR) is 132 cm³/mol. The number of carbonyl (C=O) groups excluding carboxylic acids is 2. The number of methoxy groups -OCH3 is 2. The Labute approximate surface area is 206 Å². The van der Waals surface area contributed by atoms with E-state index in [-0.39, 0.29) is 11.1 Å². The maximum atomic E-state index is 13.4. The average Bonchev–Trinajstić information content (AvgIpc) is 3.10. The lowest BCUT2D eigenvalue weighted by atomic mass is 9.94. The van der Waals surface area contributed by atoms with Crippen LogP contribution in [0.1, 0.15) is 22.7 Å². The van der Waals surface area contributed by atoms with Crippen LogP contribution in [0.5, 0.6) is 11.5 Å². The number of rotatable bonds is 5. The molecule has 4 rings (SSSR count). The second-order valence-electron chi connectivity index (χ2n) is 7.69. The molecule has 3 aromatic carbocycles. The van der Waals surface area contributed by atoms with Crippen LogP contribution in [0.3, 0.4) is 0 Å². The minimum Gasteiger partial charge on any atom is -0.507 e. The molecule has 6 nitrogen and oxygen atoms in total. The Hall–Kier alpha value is -3.48. The fourth-order valence-corrected chi connectivity index (χ4v) is 4.37. The molecule has 0 radical (unpaired) electrons. The molecule has 3 aromatic rings. The minimum absolute atomic E-state index is 0.119. The van der Waals surface area contributed by atoms with Crippen LogP contribution in [0.4, 0.5) is 5.69 Å². The van der Waals surface area contributed by atoms with Crippen molar-refractivity contribution < 1.29 is 24.2 Å². The Morgan fingerprint density at radius 2 is 1.65 bits per heavy atom. The Kier molecular flexibility index (Phi) is 6.55. The molecule has 1 heterocycles. The molecule has 1 aliphatic rings. The molecule has 1 aliphatic heterocycles. The lowest BCUT2D eigenvalue weighted by molar-refractivity contribution is -0.132. The molecule has 1 amide bonds. The summed E-state index contributed by atoms with van der Waals surface area (Å²) in [5.74, 6) is -1.33. The number of carbonyl (C=O) groups is 2. The number of hydrogen-bond acceptors (Lipinski definition) is 5. The summed E-state index contributed by atoms with van der Waals surface area (Å²) in [5.41, 5.74) is 1.82. The van der Waals surface area contributed by atoms with Crippen molar-refractivity contribution in [2.75, 3.05) is 19.1 Å². The smallest absolute Gasteiger partial charge is 0.300 e. The molecular formula is C26H21Cl2NO5. The van der Waals surface area contributed by atoms with Gasteiger partial charge in [-0.1, -0.05) is 47.5 Å². The highest BCUT2D eigenvalue weighted by Crippen LogP contribution is 2.46. The minimum atomic E-state index is -0.987. The number of Topliss-reactive ketones (excluding diaryl/α,β-unsaturated/α-hetero) is 1. The number of aliphatic hydroxyl groups excluding tert-OH is 1. The number of anilines is 1. The van der Waals surface area contributed by atoms with E-state index in [9.17, 15) is 14.7 Å². The Bertz CT molecular complexity index is 1330. The number of benzene rings is 3. The lowest BCUT2D eigenvalue weighted by Gasteiger charge is -2.27. The number of halogens is 2. The molecule has 8 heteroatoms. The highest BCUT2D eigenvalue weighted by Gasteiger charge is 2.48. The van der Waals surface area contributed by atoms with Crippen LogP contribution in [-0.4, -0.2) is 31.0 Å². The number of ketones is 1. The molecule has 0 bridgehead atoms. The average molecular weight is 498 g/mol. The number of aliphatic hydroxyl groups is 1. The van der Waals surface area contributed by atoms with E-state index in [1.165, 1.54) is 25.2 Å². The van der Waals surface area contributed by atoms with Crippen molar-refractivity contribution in [1.82, 2.24) is 0 Å². The maximum absolute atomic E-state index is 13.4. The van der Waals surface area contributed by atoms with Gasteiger partial charge >= 0.3 is 0 Å². The molecule has 0 aliphatic carbocycles. The fraction of sp³-hybridized carbons (Fsp3) is 0.154. The first kappa shape index (κ1) is 23.7. The van der Waals surface area contributed by atoms with Crippen molar-refractivity contribution in [1.29, 1.82) is 0 Å². The number of nitrogens with zero attached hydrogens (tertiary/aromatic N) is 1. The van der Waals surface area contributed by atoms with Crippen molar-refractivity contribution in [2.24, 2.45) is 0 Å². The summed E-state index contributed by atoms with van der Waals surface area (Å²) in [7, 11) is 2.93. The molecule has 1 saturated heterocycles. The Morgan fingerprint density at radius 3 is 2.32 bits per heavy atom. The van der Waals surface area contributed by atoms with E-state index in [2.05, 4.69) is 0 Å². The Balaban J connectivity index is 2.03. The topological polar surface area (TPSA) is 76.1 Å². The fourth-order valence-electron chi connectivity index (χ4n) is 4.03. The van der Waals surface area contributed by atoms with Crippen LogP contribution >= 0.6 is 23.2 Å². The molecule has 1 fully saturated rings. The van der Waals surface area contributed by atoms with Crippen LogP contribution in [0.2, 0.25) is 10.0 Å². The second-order valence-corrected chi connectivity index (χ2v) is 8.53. The van der Waals surface area contributed by atoms with Gasteiger partial charge in [0.05, 0.1) is 31.4 Å². The van der Waals surface area contributed by atoms with Gasteiger partial charge in [-0.3, -0.25) is 14.5 Å². The van der Waals surface area contributed by atoms with Crippen molar-refractivity contribution in [3.8, 4) is 11.5 Å². The van der Waals surface area contributed by atoms with E-state index in [1.807, 2.05) is 6.92 Å². The van der Waals surface area contributed by atoms with Crippen LogP contribution in [0.15, 0.2) is 66.2 Å². The van der Waals surface area contributed by atoms with Crippen LogP contribution in [-0.2, 0) is 9.59 Å². The monoisotopic (exact) mass is 497 g/mol. The van der Waals surface area contributed by atoms with Gasteiger partial charge in [0, 0.05) is 21.3 Å². The molecule has 0 aromatic heterocycles. The zero-order valence-corrected chi connectivity index (χ0v) is 20.1. The highest BCUT2D eigenvalue weighted by molar-refractivity contribution is 6.52. The first-order valence-corrected chi connectivity index (χ1v) is 11.1. The van der Waals surface area contributed by atoms with E-state index in [1.54, 1.807) is 54.6 Å². The standard InChI is InChI=1S/C26H21Cl2NO5/c1-14-8-10-16(13-19(14)28)29-23(17-6-4-5-7-20(17)33-2)22(25(31)26(29)32)24(30)18-12-15(27)9-11-21(18)34-3/h4-13,23,30H,1-3H3/b24-22+. The highest BCUT2D eigenvalue weighted by atomic mass is 35.5. The molecule has 1 N–H and O–H groups in total. The number of hydrogen-bond donors (Lipinski definition) is 1. The van der Waals surface area contributed by atoms with Gasteiger partial charge in [-0.2, -0.15) is 0 Å². The summed E-state index contributed by atoms with van der Waals surface area (Å²) in [6.45, 7) is 1.84. The van der Waals surface area contributed by atoms with Gasteiger partial charge in [0.25, 0.3) is 11.7 Å². The summed E-state index contributed by atoms with van der Waals surface area (Å²) < 4.78 is 10.9. The van der Waals surface area contributed by atoms with E-state index in [0.717, 1.165) is 5.56 Å². The van der Waals surface area contributed by atoms with E-state index in [0.29, 0.717) is 32.8 Å². The second kappa shape index (κ2) is 9.41. The van der Waals surface area contributed by atoms with Gasteiger partial charge in [0.2, 0.25) is 0 Å². The third-order valence-corrected chi connectivity index (χ3v) is 6.37. The SMILES string of the molecule is COc1ccc(Cl)cc1/C(O)=C1\C(=O)C(=O)N(c2ccc(C)c(Cl)c2)C1c1ccccc1OC. The van der Waals surface area contributed by atoms with Crippen molar-refractivity contribution in [3.05, 3.63) is 93.0 Å². The van der Waals surface area contributed by atoms with Gasteiger partial charge in [-0.05, 0) is 48.9 Å². The quantitative estimate of drug-likeness (QED) is 0.268. The number of ether oxygens (including phenoxy) is 2. The summed E-state index contributed by atoms with van der Waals surface area (Å²) in [6, 6.07) is 15.7. The first-order chi connectivity index (χ1) is 16.3. The summed E-state index contributed by atoms with van der Waals surface area (Å²) in [4.78, 5) is 28.0. The van der Waals surface area contributed by atoms with Crippen LogP contribution in [0.25, 0.3) is 5.76 Å². The van der Waals surface area contributed by atoms with Crippen molar-refractivity contribution in [3.63, 3.8) is 0 Å². The zero-order valence-electron chi connectivity index (χ0n) is 18.6. The zero-order chi connectivity index (χ0) is 24.6. The molecule has 1 atom stereocenters. The van der Waals surface area contributed by atoms with E-state index < -0.39 is 23.5 Å². The normalized spacial score (nSPS) is 17.2. The number of para-hydroxylation sites is 1. The van der Waals surface area contributed by atoms with Gasteiger partial charge in [0.15, 0.2) is 0 Å². The van der Waals surface area contributed by atoms with Crippen molar-refractivity contribution in [2.45, 2.75) is 13.0 Å². The summed E-state index contributed by atoms with van der Waals surface area (Å²) in [5, 5.41) is 12.1. The lowest BCUT2D eigenvalue weighted by Crippen LogP contribution is -2.29. The van der Waals surface area contributed by atoms with Crippen LogP contribution in [0, 0.1) is 6.92 Å². The molecular weight excluding hydrogens is 477 g/mol. The van der Waals surface area contributed by atoms with Crippen molar-refractivity contribution >= 4 is 46.3 Å². The predicted octanol–water partition coefficient (Wildman–Crippen LogP) is 5.95. The van der Waals surface area contributed by atoms with E-state index in [4.69, 9.17) is 32.7 Å². The molecule has 0 saturated carbocycles. The molecule has 34 heavy (non-hydrogen) atoms. The third kappa shape index (κ3) is 4.00. The van der Waals surface area contributed by atoms with Gasteiger partial charge in [-0.25, -0.2) is 0 Å². The van der Waals surface area contributed by atoms with Gasteiger partial charge in [0.1, 0.15) is 17.3 Å². The molecule has 0 spiro atoms. The number of aryl methyl sites for hydroxylation is 1. The Morgan fingerprint density at radius 1 is 0.941 bits per heavy atom. The third-order valence-electron chi connectivity index (χ3n) is 5.73. The molecule has 1 unspecified atom stereocenters. The largest absolute Gasteiger partial charge is 0.507 e. The van der Waals surface area contributed by atoms with Gasteiger partial charge in [-0.15, -0.1) is 0 Å². The number of amides is 1.